The number of nitrogens with one attached hydrogen (secondary N) is 3. The van der Waals surface area contributed by atoms with Crippen molar-refractivity contribution >= 4 is 79.1 Å². The largest absolute Gasteiger partial charge is 0.494 e. The summed E-state index contributed by atoms with van der Waals surface area (Å²) in [6.45, 7) is 9.24. The van der Waals surface area contributed by atoms with Crippen LogP contribution in [0.3, 0.4) is 0 Å². The zero-order chi connectivity index (χ0) is 41.8. The lowest BCUT2D eigenvalue weighted by Crippen LogP contribution is -2.60. The molecule has 2 atom stereocenters. The maximum Gasteiger partial charge on any atom is 0.288 e. The van der Waals surface area contributed by atoms with Gasteiger partial charge in [-0.1, -0.05) is 23.2 Å². The van der Waals surface area contributed by atoms with E-state index in [-0.39, 0.29) is 44.5 Å². The summed E-state index contributed by atoms with van der Waals surface area (Å²) in [4.78, 5) is 49.7. The lowest BCUT2D eigenvalue weighted by molar-refractivity contribution is -0.413. The van der Waals surface area contributed by atoms with E-state index in [1.165, 1.54) is 46.8 Å². The minimum Gasteiger partial charge on any atom is -0.494 e. The van der Waals surface area contributed by atoms with Crippen molar-refractivity contribution < 1.29 is 34.6 Å². The number of nitro groups is 2. The Balaban J connectivity index is 0.000000209. The predicted octanol–water partition coefficient (Wildman–Crippen LogP) is 8.86. The molecule has 0 aliphatic rings. The first-order valence-corrected chi connectivity index (χ1v) is 18.9. The fourth-order valence-electron chi connectivity index (χ4n) is 5.80. The Morgan fingerprint density at radius 1 is 0.737 bits per heavy atom. The SMILES string of the molecule is CCOc1ccc2[nH]cc(C[C@@H](C)NC(=O)c3ccc(Cl)c([N+](=O)[O-])c3)c2c1.CCOc1ccc2[nH]cc(C[C@@H](C)[NH3+])c2c1.O=C(Cl)c1ccc(Cl)c([N+](=O)[O-])c1. The summed E-state index contributed by atoms with van der Waals surface area (Å²) in [5.41, 5.74) is 8.19. The quantitative estimate of drug-likeness (QED) is 0.0500. The average molecular weight is 841 g/mol. The van der Waals surface area contributed by atoms with Crippen LogP contribution in [0.25, 0.3) is 21.8 Å². The van der Waals surface area contributed by atoms with Crippen LogP contribution < -0.4 is 20.5 Å². The van der Waals surface area contributed by atoms with Crippen LogP contribution in [0, 0.1) is 20.2 Å². The zero-order valence-electron chi connectivity index (χ0n) is 31.6. The molecule has 0 saturated carbocycles. The minimum absolute atomic E-state index is 0.00139. The molecule has 1 amide bonds. The number of H-pyrrole nitrogens is 2. The monoisotopic (exact) mass is 839 g/mol. The number of aromatic nitrogens is 2. The number of nitrogens with zero attached hydrogens (tertiary/aromatic N) is 2. The van der Waals surface area contributed by atoms with Gasteiger partial charge in [-0.05, 0) is 118 Å². The highest BCUT2D eigenvalue weighted by molar-refractivity contribution is 6.67. The molecule has 6 rings (SSSR count). The van der Waals surface area contributed by atoms with Crippen LogP contribution in [0.4, 0.5) is 11.4 Å². The Labute approximate surface area is 342 Å². The summed E-state index contributed by atoms with van der Waals surface area (Å²) >= 11 is 16.4. The van der Waals surface area contributed by atoms with Crippen molar-refractivity contribution in [2.75, 3.05) is 13.2 Å². The third-order valence-electron chi connectivity index (χ3n) is 8.35. The van der Waals surface area contributed by atoms with Gasteiger partial charge in [-0.25, -0.2) is 0 Å². The van der Waals surface area contributed by atoms with Crippen molar-refractivity contribution in [3.8, 4) is 11.5 Å². The van der Waals surface area contributed by atoms with Gasteiger partial charge in [-0.15, -0.1) is 0 Å². The van der Waals surface area contributed by atoms with Crippen LogP contribution in [-0.4, -0.2) is 56.3 Å². The van der Waals surface area contributed by atoms with Crippen LogP contribution >= 0.6 is 34.8 Å². The number of carbonyl (C=O) groups is 2. The van der Waals surface area contributed by atoms with Gasteiger partial charge < -0.3 is 30.5 Å². The standard InChI is InChI=1S/C20H20ClN3O4.C13H18N2O.C7H3Cl2NO3/c1-3-28-15-5-7-18-16(10-15)14(11-22-18)8-12(2)23-20(25)13-4-6-17(21)19(9-13)24(26)27;1-3-16-11-4-5-13-12(7-11)10(8-15-13)6-9(2)14;8-5-2-1-4(7(9)11)3-6(5)10(12)13/h4-7,9-12,22H,3,8H2,1-2H3,(H,23,25);4-5,7-9,15H,3,6,14H2,1-2H3;1-3H/p+1/t12-;9-;/m11./s1. The summed E-state index contributed by atoms with van der Waals surface area (Å²) in [6, 6.07) is 19.9. The molecule has 17 heteroatoms. The van der Waals surface area contributed by atoms with Crippen molar-refractivity contribution in [1.29, 1.82) is 0 Å². The minimum atomic E-state index is -0.750. The van der Waals surface area contributed by atoms with Crippen molar-refractivity contribution in [2.24, 2.45) is 0 Å². The summed E-state index contributed by atoms with van der Waals surface area (Å²) in [6.07, 6.45) is 5.57. The number of halogens is 3. The molecule has 4 aromatic carbocycles. The highest BCUT2D eigenvalue weighted by atomic mass is 35.5. The fraction of sp³-hybridized carbons (Fsp3) is 0.250. The van der Waals surface area contributed by atoms with Crippen LogP contribution in [-0.2, 0) is 12.8 Å². The molecule has 0 saturated heterocycles. The molecular weight excluding hydrogens is 799 g/mol. The average Bonchev–Trinajstić information content (AvgIpc) is 3.75. The van der Waals surface area contributed by atoms with E-state index in [1.807, 2.05) is 51.2 Å². The van der Waals surface area contributed by atoms with Crippen LogP contribution in [0.1, 0.15) is 59.5 Å². The molecule has 0 aliphatic carbocycles. The molecule has 6 N–H and O–H groups in total. The van der Waals surface area contributed by atoms with E-state index in [2.05, 4.69) is 46.3 Å². The Kier molecular flexibility index (Phi) is 15.8. The molecule has 6 aromatic rings. The molecule has 0 unspecified atom stereocenters. The first kappa shape index (κ1) is 44.0. The van der Waals surface area contributed by atoms with Crippen molar-refractivity contribution in [3.63, 3.8) is 0 Å². The second-order valence-corrected chi connectivity index (χ2v) is 14.1. The van der Waals surface area contributed by atoms with E-state index in [4.69, 9.17) is 44.3 Å². The number of hydrogen-bond acceptors (Lipinski definition) is 8. The highest BCUT2D eigenvalue weighted by Crippen LogP contribution is 2.28. The van der Waals surface area contributed by atoms with E-state index >= 15 is 0 Å². The number of amides is 1. The molecule has 14 nitrogen and oxygen atoms in total. The van der Waals surface area contributed by atoms with Crippen molar-refractivity contribution in [3.05, 3.63) is 138 Å². The first-order valence-electron chi connectivity index (χ1n) is 17.8. The number of ether oxygens (including phenoxy) is 2. The number of benzene rings is 4. The lowest BCUT2D eigenvalue weighted by atomic mass is 10.1. The van der Waals surface area contributed by atoms with E-state index in [1.54, 1.807) is 0 Å². The number of aromatic amines is 2. The van der Waals surface area contributed by atoms with Gasteiger partial charge in [0.25, 0.3) is 22.5 Å². The number of fused-ring (bicyclic) bond motifs is 2. The molecule has 2 aromatic heterocycles. The summed E-state index contributed by atoms with van der Waals surface area (Å²) in [7, 11) is 0. The number of quaternary nitrogens is 1. The molecular formula is C40H42Cl3N6O8+. The van der Waals surface area contributed by atoms with Crippen LogP contribution in [0.15, 0.2) is 85.2 Å². The second-order valence-electron chi connectivity index (χ2n) is 12.9. The first-order chi connectivity index (χ1) is 27.1. The van der Waals surface area contributed by atoms with Crippen LogP contribution in [0.2, 0.25) is 10.0 Å². The number of carbonyl (C=O) groups excluding carboxylic acids is 2. The number of hydrogen-bond donors (Lipinski definition) is 4. The zero-order valence-corrected chi connectivity index (χ0v) is 33.8. The molecule has 2 heterocycles. The van der Waals surface area contributed by atoms with Gasteiger partial charge >= 0.3 is 0 Å². The summed E-state index contributed by atoms with van der Waals surface area (Å²) in [5.74, 6) is 1.34. The molecule has 0 radical (unpaired) electrons. The smallest absolute Gasteiger partial charge is 0.288 e. The maximum absolute atomic E-state index is 12.5. The highest BCUT2D eigenvalue weighted by Gasteiger charge is 2.19. The fourth-order valence-corrected chi connectivity index (χ4v) is 6.29. The molecule has 0 aliphatic heterocycles. The van der Waals surface area contributed by atoms with Crippen molar-refractivity contribution in [1.82, 2.24) is 15.3 Å². The van der Waals surface area contributed by atoms with Gasteiger partial charge in [-0.3, -0.25) is 29.8 Å². The Hall–Kier alpha value is -5.67. The van der Waals surface area contributed by atoms with Gasteiger partial charge in [0.1, 0.15) is 21.5 Å². The Morgan fingerprint density at radius 2 is 1.19 bits per heavy atom. The van der Waals surface area contributed by atoms with E-state index in [0.717, 1.165) is 40.5 Å². The molecule has 0 bridgehead atoms. The van der Waals surface area contributed by atoms with Crippen LogP contribution in [0.5, 0.6) is 11.5 Å². The van der Waals surface area contributed by atoms with Crippen molar-refractivity contribution in [2.45, 2.75) is 52.6 Å². The third kappa shape index (κ3) is 12.2. The van der Waals surface area contributed by atoms with E-state index in [9.17, 15) is 29.8 Å². The molecule has 0 fully saturated rings. The van der Waals surface area contributed by atoms with Gasteiger partial charge in [-0.2, -0.15) is 0 Å². The van der Waals surface area contributed by atoms with E-state index in [0.29, 0.717) is 25.7 Å². The Bertz CT molecular complexity index is 2380. The maximum atomic E-state index is 12.5. The topological polar surface area (TPSA) is 210 Å². The third-order valence-corrected chi connectivity index (χ3v) is 9.20. The summed E-state index contributed by atoms with van der Waals surface area (Å²) < 4.78 is 11.1. The lowest BCUT2D eigenvalue weighted by Gasteiger charge is -2.14. The van der Waals surface area contributed by atoms with Gasteiger partial charge in [0.15, 0.2) is 0 Å². The molecule has 300 valence electrons. The second kappa shape index (κ2) is 20.5. The molecule has 0 spiro atoms. The normalized spacial score (nSPS) is 11.7. The van der Waals surface area contributed by atoms with Gasteiger partial charge in [0, 0.05) is 69.9 Å². The van der Waals surface area contributed by atoms with Gasteiger partial charge in [0.05, 0.1) is 29.1 Å². The molecule has 57 heavy (non-hydrogen) atoms. The van der Waals surface area contributed by atoms with Gasteiger partial charge in [0.2, 0.25) is 0 Å². The number of nitro benzene ring substituents is 2. The Morgan fingerprint density at radius 3 is 1.63 bits per heavy atom. The number of rotatable bonds is 13. The predicted molar refractivity (Wildman–Crippen MR) is 222 cm³/mol. The summed E-state index contributed by atoms with van der Waals surface area (Å²) in [5, 5.41) is 25.8. The van der Waals surface area contributed by atoms with E-state index < -0.39 is 15.1 Å².